The number of methoxy groups -OCH3 is 1. The van der Waals surface area contributed by atoms with Gasteiger partial charge < -0.3 is 26.1 Å². The Kier molecular flexibility index (Phi) is 6.65. The van der Waals surface area contributed by atoms with E-state index in [1.54, 1.807) is 49.5 Å². The Morgan fingerprint density at radius 3 is 2.59 bits per heavy atom. The number of carbonyl (C=O) groups is 1. The Labute approximate surface area is 199 Å². The lowest BCUT2D eigenvalue weighted by Gasteiger charge is -2.35. The average molecular weight is 469 g/mol. The number of hydrogen-bond acceptors (Lipinski definition) is 7. The molecule has 4 rings (SSSR count). The Hall–Kier alpha value is -3.33. The maximum atomic E-state index is 12.9. The molecular weight excluding hydrogens is 434 g/mol. The zero-order chi connectivity index (χ0) is 24.5. The van der Waals surface area contributed by atoms with Crippen LogP contribution in [0.4, 0.5) is 17.2 Å². The molecule has 2 fully saturated rings. The summed E-state index contributed by atoms with van der Waals surface area (Å²) in [5, 5.41) is 24.0. The first-order chi connectivity index (χ1) is 16.2. The van der Waals surface area contributed by atoms with Crippen LogP contribution in [0.3, 0.4) is 0 Å². The van der Waals surface area contributed by atoms with Gasteiger partial charge in [0.05, 0.1) is 38.5 Å². The number of hydrogen-bond donors (Lipinski definition) is 4. The number of nitrogens with zero attached hydrogens (tertiary/aromatic N) is 3. The summed E-state index contributed by atoms with van der Waals surface area (Å²) < 4.78 is 6.25. The number of aliphatic imine (C=N–C) groups is 1. The average Bonchev–Trinajstić information content (AvgIpc) is 3.66. The predicted molar refractivity (Wildman–Crippen MR) is 131 cm³/mol. The van der Waals surface area contributed by atoms with Gasteiger partial charge in [-0.1, -0.05) is 0 Å². The minimum absolute atomic E-state index is 0.0747. The molecule has 9 nitrogen and oxygen atoms in total. The van der Waals surface area contributed by atoms with Crippen molar-refractivity contribution in [2.75, 3.05) is 37.2 Å². The molecule has 0 aliphatic heterocycles. The number of rotatable bonds is 7. The van der Waals surface area contributed by atoms with E-state index >= 15 is 0 Å². The summed E-state index contributed by atoms with van der Waals surface area (Å²) in [6.07, 6.45) is 7.27. The maximum absolute atomic E-state index is 12.9. The van der Waals surface area contributed by atoms with Gasteiger partial charge in [-0.05, 0) is 67.4 Å². The lowest BCUT2D eigenvalue weighted by Crippen LogP contribution is -2.44. The Morgan fingerprint density at radius 1 is 1.26 bits per heavy atom. The highest BCUT2D eigenvalue weighted by atomic mass is 16.5. The van der Waals surface area contributed by atoms with E-state index < -0.39 is 11.5 Å². The van der Waals surface area contributed by atoms with Crippen LogP contribution in [-0.2, 0) is 0 Å². The van der Waals surface area contributed by atoms with E-state index in [-0.39, 0.29) is 11.7 Å². The molecule has 0 atom stereocenters. The van der Waals surface area contributed by atoms with Crippen molar-refractivity contribution >= 4 is 29.3 Å². The fourth-order valence-electron chi connectivity index (χ4n) is 4.64. The molecule has 34 heavy (non-hydrogen) atoms. The fraction of sp³-hybridized carbons (Fsp3) is 0.480. The van der Waals surface area contributed by atoms with Crippen LogP contribution >= 0.6 is 0 Å². The molecule has 2 saturated carbocycles. The van der Waals surface area contributed by atoms with Gasteiger partial charge in [0.2, 0.25) is 5.69 Å². The molecule has 2 aromatic rings. The summed E-state index contributed by atoms with van der Waals surface area (Å²) in [7, 11) is 5.05. The number of nitrogen functional groups attached to an aromatic ring is 1. The molecule has 0 unspecified atom stereocenters. The number of carbonyl (C=O) groups excluding carboxylic acids is 1. The van der Waals surface area contributed by atoms with Crippen LogP contribution in [0.2, 0.25) is 0 Å². The topological polar surface area (TPSA) is 124 Å². The SMILES string of the molecule is COc1cc(N)c(C=NC2CCC(O)(C3CC3)CC2)cc1NC(=O)c1cccc(N(C)C)[n+]1O. The first kappa shape index (κ1) is 23.8. The van der Waals surface area contributed by atoms with Gasteiger partial charge in [0.25, 0.3) is 5.91 Å². The quantitative estimate of drug-likeness (QED) is 0.214. The first-order valence-corrected chi connectivity index (χ1v) is 11.7. The summed E-state index contributed by atoms with van der Waals surface area (Å²) in [5.41, 5.74) is 7.36. The zero-order valence-electron chi connectivity index (χ0n) is 20.0. The van der Waals surface area contributed by atoms with E-state index in [0.717, 1.165) is 43.3 Å². The number of pyridine rings is 1. The lowest BCUT2D eigenvalue weighted by molar-refractivity contribution is -0.895. The number of anilines is 3. The molecule has 2 aliphatic carbocycles. The lowest BCUT2D eigenvalue weighted by atomic mass is 9.79. The number of aliphatic hydroxyl groups is 1. The van der Waals surface area contributed by atoms with Crippen LogP contribution in [0, 0.1) is 5.92 Å². The molecule has 5 N–H and O–H groups in total. The predicted octanol–water partition coefficient (Wildman–Crippen LogP) is 2.62. The second-order valence-electron chi connectivity index (χ2n) is 9.50. The Morgan fingerprint density at radius 2 is 1.97 bits per heavy atom. The summed E-state index contributed by atoms with van der Waals surface area (Å²) in [4.78, 5) is 19.4. The van der Waals surface area contributed by atoms with E-state index in [1.807, 2.05) is 0 Å². The van der Waals surface area contributed by atoms with Gasteiger partial charge in [-0.25, -0.2) is 0 Å². The molecule has 0 spiro atoms. The van der Waals surface area contributed by atoms with Crippen molar-refractivity contribution in [1.82, 2.24) is 0 Å². The summed E-state index contributed by atoms with van der Waals surface area (Å²) in [6.45, 7) is 0. The van der Waals surface area contributed by atoms with Crippen LogP contribution in [0.25, 0.3) is 0 Å². The molecular formula is C25H34N5O4+. The van der Waals surface area contributed by atoms with E-state index in [9.17, 15) is 15.1 Å². The van der Waals surface area contributed by atoms with Crippen molar-refractivity contribution in [3.05, 3.63) is 41.6 Å². The number of nitrogens with two attached hydrogens (primary N) is 1. The Balaban J connectivity index is 1.51. The van der Waals surface area contributed by atoms with Gasteiger partial charge in [-0.3, -0.25) is 14.7 Å². The highest BCUT2D eigenvalue weighted by Crippen LogP contribution is 2.47. The molecule has 9 heteroatoms. The third-order valence-corrected chi connectivity index (χ3v) is 6.87. The van der Waals surface area contributed by atoms with Gasteiger partial charge >= 0.3 is 5.82 Å². The van der Waals surface area contributed by atoms with Crippen molar-refractivity contribution in [2.24, 2.45) is 10.9 Å². The van der Waals surface area contributed by atoms with Crippen LogP contribution in [0.1, 0.15) is 54.6 Å². The van der Waals surface area contributed by atoms with Crippen molar-refractivity contribution in [1.29, 1.82) is 0 Å². The molecule has 1 heterocycles. The molecule has 2 aliphatic rings. The standard InChI is InChI=1S/C25H33N5O4/c1-29(2)23-6-4-5-21(30(23)33)24(31)28-20-13-16(19(26)14-22(20)34-3)15-27-18-9-11-25(32,12-10-18)17-7-8-17/h4-6,13-15,17-18,26,31-33H,7-12H2,1-3H3/p+1. The molecule has 0 saturated heterocycles. The molecule has 0 bridgehead atoms. The summed E-state index contributed by atoms with van der Waals surface area (Å²) >= 11 is 0. The van der Waals surface area contributed by atoms with Crippen molar-refractivity contribution in [3.63, 3.8) is 0 Å². The largest absolute Gasteiger partial charge is 0.494 e. The van der Waals surface area contributed by atoms with Gasteiger partial charge in [0, 0.05) is 29.6 Å². The molecule has 1 aromatic heterocycles. The number of ether oxygens (including phenoxy) is 1. The van der Waals surface area contributed by atoms with Crippen LogP contribution in [0.5, 0.6) is 5.75 Å². The molecule has 182 valence electrons. The normalized spacial score (nSPS) is 22.5. The van der Waals surface area contributed by atoms with Crippen molar-refractivity contribution in [3.8, 4) is 5.75 Å². The van der Waals surface area contributed by atoms with Gasteiger partial charge in [0.15, 0.2) is 0 Å². The molecule has 1 aromatic carbocycles. The minimum Gasteiger partial charge on any atom is -0.494 e. The van der Waals surface area contributed by atoms with E-state index in [1.165, 1.54) is 13.2 Å². The maximum Gasteiger partial charge on any atom is 0.316 e. The van der Waals surface area contributed by atoms with Gasteiger partial charge in [0.1, 0.15) is 5.75 Å². The van der Waals surface area contributed by atoms with E-state index in [2.05, 4.69) is 5.32 Å². The molecule has 1 amide bonds. The van der Waals surface area contributed by atoms with Crippen LogP contribution in [0.15, 0.2) is 35.3 Å². The zero-order valence-corrected chi connectivity index (χ0v) is 20.0. The summed E-state index contributed by atoms with van der Waals surface area (Å²) in [5.74, 6) is 0.842. The summed E-state index contributed by atoms with van der Waals surface area (Å²) in [6, 6.07) is 8.43. The van der Waals surface area contributed by atoms with Crippen LogP contribution < -0.4 is 25.4 Å². The minimum atomic E-state index is -0.504. The number of nitrogens with one attached hydrogen (secondary N) is 1. The number of benzene rings is 1. The highest BCUT2D eigenvalue weighted by molar-refractivity contribution is 6.04. The van der Waals surface area contributed by atoms with E-state index in [4.69, 9.17) is 15.5 Å². The number of aromatic nitrogens is 1. The van der Waals surface area contributed by atoms with Crippen molar-refractivity contribution in [2.45, 2.75) is 50.2 Å². The fourth-order valence-corrected chi connectivity index (χ4v) is 4.64. The van der Waals surface area contributed by atoms with Gasteiger partial charge in [-0.2, -0.15) is 0 Å². The second kappa shape index (κ2) is 9.50. The number of amides is 1. The third-order valence-electron chi connectivity index (χ3n) is 6.87. The second-order valence-corrected chi connectivity index (χ2v) is 9.50. The molecule has 0 radical (unpaired) electrons. The van der Waals surface area contributed by atoms with Gasteiger partial charge in [-0.15, -0.1) is 0 Å². The van der Waals surface area contributed by atoms with E-state index in [0.29, 0.717) is 34.4 Å². The van der Waals surface area contributed by atoms with Crippen LogP contribution in [-0.4, -0.2) is 55.3 Å². The van der Waals surface area contributed by atoms with Crippen molar-refractivity contribution < 1.29 is 24.6 Å². The monoisotopic (exact) mass is 468 g/mol. The smallest absolute Gasteiger partial charge is 0.316 e. The third kappa shape index (κ3) is 4.94. The highest BCUT2D eigenvalue weighted by Gasteiger charge is 2.45. The Bertz CT molecular complexity index is 1090. The first-order valence-electron chi connectivity index (χ1n) is 11.7.